The van der Waals surface area contributed by atoms with Crippen molar-refractivity contribution < 1.29 is 4.74 Å². The standard InChI is InChI=1S/C10H14O/c1-7-3-4-9-8(2)6-11-10(9)5-7/h3-5,7-9H,6H2,1-2H3/t7-,8?,9?/m0/s1. The van der Waals surface area contributed by atoms with Crippen LogP contribution in [0.25, 0.3) is 0 Å². The van der Waals surface area contributed by atoms with E-state index in [-0.39, 0.29) is 0 Å². The lowest BCUT2D eigenvalue weighted by atomic mass is 9.89. The van der Waals surface area contributed by atoms with E-state index in [9.17, 15) is 0 Å². The largest absolute Gasteiger partial charge is 0.497 e. The second kappa shape index (κ2) is 2.40. The third kappa shape index (κ3) is 1.09. The van der Waals surface area contributed by atoms with Crippen LogP contribution in [0.5, 0.6) is 0 Å². The lowest BCUT2D eigenvalue weighted by Crippen LogP contribution is -2.08. The molecule has 0 amide bonds. The van der Waals surface area contributed by atoms with Crippen LogP contribution in [-0.2, 0) is 4.74 Å². The SMILES string of the molecule is CC1COC2=C[C@@H](C)C=CC21. The van der Waals surface area contributed by atoms with E-state index in [1.165, 1.54) is 5.76 Å². The second-order valence-electron chi connectivity index (χ2n) is 3.63. The Morgan fingerprint density at radius 1 is 1.36 bits per heavy atom. The van der Waals surface area contributed by atoms with Crippen molar-refractivity contribution in [1.82, 2.24) is 0 Å². The Morgan fingerprint density at radius 2 is 2.18 bits per heavy atom. The molecular weight excluding hydrogens is 136 g/mol. The fraction of sp³-hybridized carbons (Fsp3) is 0.600. The van der Waals surface area contributed by atoms with E-state index in [1.807, 2.05) is 0 Å². The van der Waals surface area contributed by atoms with E-state index in [1.54, 1.807) is 0 Å². The topological polar surface area (TPSA) is 9.23 Å². The van der Waals surface area contributed by atoms with Crippen molar-refractivity contribution in [2.45, 2.75) is 13.8 Å². The summed E-state index contributed by atoms with van der Waals surface area (Å²) in [6, 6.07) is 0. The Kier molecular flexibility index (Phi) is 1.52. The van der Waals surface area contributed by atoms with Crippen LogP contribution in [0.4, 0.5) is 0 Å². The third-order valence-corrected chi connectivity index (χ3v) is 2.50. The molecule has 1 heteroatoms. The summed E-state index contributed by atoms with van der Waals surface area (Å²) in [5.41, 5.74) is 0. The van der Waals surface area contributed by atoms with Crippen LogP contribution in [0.15, 0.2) is 24.0 Å². The van der Waals surface area contributed by atoms with Gasteiger partial charge in [-0.3, -0.25) is 0 Å². The van der Waals surface area contributed by atoms with E-state index in [4.69, 9.17) is 4.74 Å². The molecule has 2 rings (SSSR count). The lowest BCUT2D eigenvalue weighted by Gasteiger charge is -2.15. The minimum Gasteiger partial charge on any atom is -0.497 e. The Balaban J connectivity index is 2.23. The van der Waals surface area contributed by atoms with E-state index in [0.717, 1.165) is 6.61 Å². The summed E-state index contributed by atoms with van der Waals surface area (Å²) >= 11 is 0. The van der Waals surface area contributed by atoms with Gasteiger partial charge in [0, 0.05) is 11.8 Å². The predicted octanol–water partition coefficient (Wildman–Crippen LogP) is 2.36. The van der Waals surface area contributed by atoms with E-state index in [2.05, 4.69) is 32.1 Å². The van der Waals surface area contributed by atoms with Crippen LogP contribution in [0.3, 0.4) is 0 Å². The van der Waals surface area contributed by atoms with Gasteiger partial charge in [0.05, 0.1) is 12.4 Å². The Hall–Kier alpha value is -0.720. The molecule has 0 bridgehead atoms. The highest BCUT2D eigenvalue weighted by atomic mass is 16.5. The van der Waals surface area contributed by atoms with Crippen molar-refractivity contribution in [3.8, 4) is 0 Å². The molecule has 1 aliphatic heterocycles. The minimum atomic E-state index is 0.562. The highest BCUT2D eigenvalue weighted by molar-refractivity contribution is 5.21. The summed E-state index contributed by atoms with van der Waals surface area (Å²) in [5.74, 6) is 3.01. The Bertz CT molecular complexity index is 215. The molecule has 0 aromatic heterocycles. The molecule has 1 saturated heterocycles. The van der Waals surface area contributed by atoms with Gasteiger partial charge in [-0.05, 0) is 12.0 Å². The molecule has 0 N–H and O–H groups in total. The zero-order valence-electron chi connectivity index (χ0n) is 7.08. The highest BCUT2D eigenvalue weighted by Crippen LogP contribution is 2.34. The molecule has 0 radical (unpaired) electrons. The number of hydrogen-bond acceptors (Lipinski definition) is 1. The maximum atomic E-state index is 5.55. The molecule has 2 aliphatic rings. The molecule has 1 heterocycles. The molecule has 60 valence electrons. The first kappa shape index (κ1) is 6.96. The number of ether oxygens (including phenoxy) is 1. The summed E-state index contributed by atoms with van der Waals surface area (Å²) in [7, 11) is 0. The number of allylic oxidation sites excluding steroid dienone is 3. The van der Waals surface area contributed by atoms with Crippen LogP contribution in [0, 0.1) is 17.8 Å². The van der Waals surface area contributed by atoms with E-state index in [0.29, 0.717) is 17.8 Å². The molecular formula is C10H14O. The molecule has 0 spiro atoms. The van der Waals surface area contributed by atoms with Gasteiger partial charge < -0.3 is 4.74 Å². The van der Waals surface area contributed by atoms with Crippen molar-refractivity contribution in [2.24, 2.45) is 17.8 Å². The maximum Gasteiger partial charge on any atom is 0.0998 e. The zero-order chi connectivity index (χ0) is 7.84. The molecule has 11 heavy (non-hydrogen) atoms. The van der Waals surface area contributed by atoms with Crippen molar-refractivity contribution in [2.75, 3.05) is 6.61 Å². The van der Waals surface area contributed by atoms with E-state index >= 15 is 0 Å². The molecule has 0 saturated carbocycles. The van der Waals surface area contributed by atoms with Gasteiger partial charge in [0.1, 0.15) is 0 Å². The van der Waals surface area contributed by atoms with Gasteiger partial charge in [-0.1, -0.05) is 26.0 Å². The number of rotatable bonds is 0. The van der Waals surface area contributed by atoms with Crippen LogP contribution in [0.2, 0.25) is 0 Å². The van der Waals surface area contributed by atoms with Gasteiger partial charge in [-0.25, -0.2) is 0 Å². The minimum absolute atomic E-state index is 0.562. The quantitative estimate of drug-likeness (QED) is 0.482. The molecule has 2 unspecified atom stereocenters. The van der Waals surface area contributed by atoms with E-state index < -0.39 is 0 Å². The van der Waals surface area contributed by atoms with Gasteiger partial charge in [-0.15, -0.1) is 0 Å². The van der Waals surface area contributed by atoms with Crippen LogP contribution < -0.4 is 0 Å². The molecule has 1 nitrogen and oxygen atoms in total. The average Bonchev–Trinajstić information content (AvgIpc) is 2.32. The maximum absolute atomic E-state index is 5.55. The highest BCUT2D eigenvalue weighted by Gasteiger charge is 2.29. The number of hydrogen-bond donors (Lipinski definition) is 0. The zero-order valence-corrected chi connectivity index (χ0v) is 7.08. The fourth-order valence-corrected chi connectivity index (χ4v) is 1.76. The van der Waals surface area contributed by atoms with Crippen LogP contribution >= 0.6 is 0 Å². The second-order valence-corrected chi connectivity index (χ2v) is 3.63. The summed E-state index contributed by atoms with van der Waals surface area (Å²) in [6.45, 7) is 5.32. The first-order valence-electron chi connectivity index (χ1n) is 4.30. The Labute approximate surface area is 67.7 Å². The van der Waals surface area contributed by atoms with Gasteiger partial charge in [0.15, 0.2) is 0 Å². The average molecular weight is 150 g/mol. The fourth-order valence-electron chi connectivity index (χ4n) is 1.76. The number of fused-ring (bicyclic) bond motifs is 1. The summed E-state index contributed by atoms with van der Waals surface area (Å²) in [4.78, 5) is 0. The Morgan fingerprint density at radius 3 is 3.00 bits per heavy atom. The predicted molar refractivity (Wildman–Crippen MR) is 45.0 cm³/mol. The smallest absolute Gasteiger partial charge is 0.0998 e. The first-order valence-corrected chi connectivity index (χ1v) is 4.30. The van der Waals surface area contributed by atoms with Crippen LogP contribution in [0.1, 0.15) is 13.8 Å². The molecule has 0 aromatic carbocycles. The van der Waals surface area contributed by atoms with Crippen molar-refractivity contribution >= 4 is 0 Å². The normalized spacial score (nSPS) is 41.3. The third-order valence-electron chi connectivity index (χ3n) is 2.50. The molecule has 3 atom stereocenters. The van der Waals surface area contributed by atoms with Crippen LogP contribution in [-0.4, -0.2) is 6.61 Å². The van der Waals surface area contributed by atoms with Crippen molar-refractivity contribution in [3.63, 3.8) is 0 Å². The summed E-state index contributed by atoms with van der Waals surface area (Å²) < 4.78 is 5.55. The van der Waals surface area contributed by atoms with Gasteiger partial charge in [0.25, 0.3) is 0 Å². The summed E-state index contributed by atoms with van der Waals surface area (Å²) in [6.07, 6.45) is 6.78. The van der Waals surface area contributed by atoms with Gasteiger partial charge in [0.2, 0.25) is 0 Å². The molecule has 0 aromatic rings. The molecule has 1 aliphatic carbocycles. The lowest BCUT2D eigenvalue weighted by molar-refractivity contribution is 0.243. The first-order chi connectivity index (χ1) is 5.27. The van der Waals surface area contributed by atoms with Crippen molar-refractivity contribution in [1.29, 1.82) is 0 Å². The van der Waals surface area contributed by atoms with Crippen molar-refractivity contribution in [3.05, 3.63) is 24.0 Å². The van der Waals surface area contributed by atoms with Gasteiger partial charge in [-0.2, -0.15) is 0 Å². The molecule has 1 fully saturated rings. The van der Waals surface area contributed by atoms with Gasteiger partial charge >= 0.3 is 0 Å². The monoisotopic (exact) mass is 150 g/mol. The summed E-state index contributed by atoms with van der Waals surface area (Å²) in [5, 5.41) is 0.